The Morgan fingerprint density at radius 2 is 1.85 bits per heavy atom. The Balaban J connectivity index is 2.07. The van der Waals surface area contributed by atoms with Crippen LogP contribution in [0.15, 0.2) is 42.5 Å². The molecule has 138 valence electrons. The Morgan fingerprint density at radius 1 is 1.19 bits per heavy atom. The van der Waals surface area contributed by atoms with Crippen molar-refractivity contribution in [1.29, 1.82) is 0 Å². The topological polar surface area (TPSA) is 84.9 Å². The molecule has 0 bridgehead atoms. The molecule has 2 rings (SSSR count). The van der Waals surface area contributed by atoms with Gasteiger partial charge >= 0.3 is 5.97 Å². The van der Waals surface area contributed by atoms with E-state index in [2.05, 4.69) is 5.32 Å². The molecule has 0 saturated heterocycles. The molecule has 26 heavy (non-hydrogen) atoms. The average molecular weight is 361 g/mol. The summed E-state index contributed by atoms with van der Waals surface area (Å²) in [6, 6.07) is 9.98. The fraction of sp³-hybridized carbons (Fsp3) is 0.263. The molecule has 0 aliphatic carbocycles. The van der Waals surface area contributed by atoms with Crippen molar-refractivity contribution in [1.82, 2.24) is 5.32 Å². The first-order valence-corrected chi connectivity index (χ1v) is 7.84. The molecule has 6 nitrogen and oxygen atoms in total. The van der Waals surface area contributed by atoms with Crippen molar-refractivity contribution in [2.24, 2.45) is 0 Å². The molecule has 2 aromatic rings. The quantitative estimate of drug-likeness (QED) is 0.792. The number of hydrogen-bond donors (Lipinski definition) is 2. The number of carbonyl (C=O) groups excluding carboxylic acids is 1. The summed E-state index contributed by atoms with van der Waals surface area (Å²) in [4.78, 5) is 23.9. The molecule has 0 fully saturated rings. The second-order valence-corrected chi connectivity index (χ2v) is 5.91. The summed E-state index contributed by atoms with van der Waals surface area (Å²) in [6.07, 6.45) is 0. The van der Waals surface area contributed by atoms with Gasteiger partial charge in [0.05, 0.1) is 7.11 Å². The molecular formula is C19H20FNO5. The summed E-state index contributed by atoms with van der Waals surface area (Å²) in [5.74, 6) is -1.23. The van der Waals surface area contributed by atoms with Crippen LogP contribution in [0, 0.1) is 12.7 Å². The molecule has 2 N–H and O–H groups in total. The highest BCUT2D eigenvalue weighted by Gasteiger charge is 2.37. The van der Waals surface area contributed by atoms with Crippen LogP contribution in [0.2, 0.25) is 0 Å². The second-order valence-electron chi connectivity index (χ2n) is 5.91. The van der Waals surface area contributed by atoms with Gasteiger partial charge < -0.3 is 19.9 Å². The van der Waals surface area contributed by atoms with E-state index in [0.29, 0.717) is 11.5 Å². The van der Waals surface area contributed by atoms with Crippen LogP contribution in [-0.4, -0.2) is 30.7 Å². The summed E-state index contributed by atoms with van der Waals surface area (Å²) < 4.78 is 23.6. The number of hydrogen-bond acceptors (Lipinski definition) is 4. The third kappa shape index (κ3) is 4.30. The molecule has 7 heteroatoms. The number of carbonyl (C=O) groups is 2. The van der Waals surface area contributed by atoms with Crippen LogP contribution >= 0.6 is 0 Å². The van der Waals surface area contributed by atoms with Gasteiger partial charge in [0.2, 0.25) is 0 Å². The third-order valence-corrected chi connectivity index (χ3v) is 3.97. The lowest BCUT2D eigenvalue weighted by molar-refractivity contribution is -0.147. The van der Waals surface area contributed by atoms with Crippen molar-refractivity contribution in [3.05, 3.63) is 59.4 Å². The molecule has 2 aromatic carbocycles. The SMILES string of the molecule is COc1ccc(OCC(=O)NC(C)(C(=O)O)c2ccc(F)cc2)cc1C. The summed E-state index contributed by atoms with van der Waals surface area (Å²) in [6.45, 7) is 2.80. The number of carboxylic acid groups (broad SMARTS) is 1. The van der Waals surface area contributed by atoms with E-state index in [1.807, 2.05) is 6.92 Å². The van der Waals surface area contributed by atoms with Gasteiger partial charge in [-0.05, 0) is 55.3 Å². The Labute approximate surface area is 150 Å². The fourth-order valence-corrected chi connectivity index (χ4v) is 2.44. The lowest BCUT2D eigenvalue weighted by atomic mass is 9.92. The molecule has 0 spiro atoms. The first-order chi connectivity index (χ1) is 12.3. The highest BCUT2D eigenvalue weighted by atomic mass is 19.1. The maximum Gasteiger partial charge on any atom is 0.333 e. The van der Waals surface area contributed by atoms with Crippen molar-refractivity contribution in [3.63, 3.8) is 0 Å². The highest BCUT2D eigenvalue weighted by Crippen LogP contribution is 2.24. The number of nitrogens with one attached hydrogen (secondary N) is 1. The average Bonchev–Trinajstić information content (AvgIpc) is 2.60. The Kier molecular flexibility index (Phi) is 5.82. The number of halogens is 1. The molecule has 1 unspecified atom stereocenters. The van der Waals surface area contributed by atoms with Gasteiger partial charge in [0.1, 0.15) is 17.3 Å². The summed E-state index contributed by atoms with van der Waals surface area (Å²) in [5.41, 5.74) is -0.614. The smallest absolute Gasteiger partial charge is 0.333 e. The molecule has 0 saturated carbocycles. The number of methoxy groups -OCH3 is 1. The zero-order valence-electron chi connectivity index (χ0n) is 14.7. The first-order valence-electron chi connectivity index (χ1n) is 7.84. The largest absolute Gasteiger partial charge is 0.496 e. The van der Waals surface area contributed by atoms with E-state index in [1.165, 1.54) is 19.1 Å². The van der Waals surface area contributed by atoms with Gasteiger partial charge in [0, 0.05) is 0 Å². The molecular weight excluding hydrogens is 341 g/mol. The van der Waals surface area contributed by atoms with Gasteiger partial charge in [-0.15, -0.1) is 0 Å². The number of aliphatic carboxylic acids is 1. The number of rotatable bonds is 7. The Hall–Kier alpha value is -3.09. The van der Waals surface area contributed by atoms with Crippen molar-refractivity contribution >= 4 is 11.9 Å². The minimum Gasteiger partial charge on any atom is -0.496 e. The van der Waals surface area contributed by atoms with Gasteiger partial charge in [-0.25, -0.2) is 9.18 Å². The molecule has 0 aliphatic rings. The zero-order chi connectivity index (χ0) is 19.3. The lowest BCUT2D eigenvalue weighted by Crippen LogP contribution is -2.51. The maximum atomic E-state index is 13.1. The van der Waals surface area contributed by atoms with Crippen molar-refractivity contribution < 1.29 is 28.6 Å². The van der Waals surface area contributed by atoms with Crippen LogP contribution < -0.4 is 14.8 Å². The minimum absolute atomic E-state index is 0.250. The van der Waals surface area contributed by atoms with Gasteiger partial charge in [0.15, 0.2) is 12.1 Å². The van der Waals surface area contributed by atoms with Crippen LogP contribution in [0.1, 0.15) is 18.1 Å². The number of aryl methyl sites for hydroxylation is 1. The number of carboxylic acids is 1. The van der Waals surface area contributed by atoms with E-state index in [-0.39, 0.29) is 12.2 Å². The van der Waals surface area contributed by atoms with E-state index in [1.54, 1.807) is 25.3 Å². The Morgan fingerprint density at radius 3 is 2.38 bits per heavy atom. The zero-order valence-corrected chi connectivity index (χ0v) is 14.7. The molecule has 0 aromatic heterocycles. The molecule has 0 heterocycles. The number of ether oxygens (including phenoxy) is 2. The van der Waals surface area contributed by atoms with Gasteiger partial charge in [-0.2, -0.15) is 0 Å². The van der Waals surface area contributed by atoms with Crippen molar-refractivity contribution in [2.45, 2.75) is 19.4 Å². The molecule has 0 radical (unpaired) electrons. The van der Waals surface area contributed by atoms with Crippen molar-refractivity contribution in [2.75, 3.05) is 13.7 Å². The first kappa shape index (κ1) is 19.2. The van der Waals surface area contributed by atoms with Crippen molar-refractivity contribution in [3.8, 4) is 11.5 Å². The normalized spacial score (nSPS) is 12.8. The standard InChI is InChI=1S/C19H20FNO5/c1-12-10-15(8-9-16(12)25-3)26-11-17(22)21-19(2,18(23)24)13-4-6-14(20)7-5-13/h4-10H,11H2,1-3H3,(H,21,22)(H,23,24). The molecule has 1 atom stereocenters. The van der Waals surface area contributed by atoms with Gasteiger partial charge in [0.25, 0.3) is 5.91 Å². The number of benzene rings is 2. The monoisotopic (exact) mass is 361 g/mol. The maximum absolute atomic E-state index is 13.1. The lowest BCUT2D eigenvalue weighted by Gasteiger charge is -2.26. The summed E-state index contributed by atoms with van der Waals surface area (Å²) >= 11 is 0. The molecule has 0 aliphatic heterocycles. The van der Waals surface area contributed by atoms with Crippen LogP contribution in [0.5, 0.6) is 11.5 Å². The van der Waals surface area contributed by atoms with Crippen LogP contribution in [0.3, 0.4) is 0 Å². The van der Waals surface area contributed by atoms with E-state index in [4.69, 9.17) is 9.47 Å². The van der Waals surface area contributed by atoms with Gasteiger partial charge in [-0.1, -0.05) is 12.1 Å². The number of amides is 1. The summed E-state index contributed by atoms with van der Waals surface area (Å²) in [7, 11) is 1.55. The van der Waals surface area contributed by atoms with E-state index >= 15 is 0 Å². The fourth-order valence-electron chi connectivity index (χ4n) is 2.44. The minimum atomic E-state index is -1.70. The van der Waals surface area contributed by atoms with E-state index in [9.17, 15) is 19.1 Å². The molecule has 1 amide bonds. The van der Waals surface area contributed by atoms with E-state index in [0.717, 1.165) is 17.7 Å². The third-order valence-electron chi connectivity index (χ3n) is 3.97. The van der Waals surface area contributed by atoms with Crippen LogP contribution in [0.4, 0.5) is 4.39 Å². The predicted molar refractivity (Wildman–Crippen MR) is 92.8 cm³/mol. The highest BCUT2D eigenvalue weighted by molar-refractivity contribution is 5.88. The van der Waals surface area contributed by atoms with Crippen LogP contribution in [-0.2, 0) is 15.1 Å². The van der Waals surface area contributed by atoms with Gasteiger partial charge in [-0.3, -0.25) is 4.79 Å². The second kappa shape index (κ2) is 7.86. The Bertz CT molecular complexity index is 806. The van der Waals surface area contributed by atoms with Crippen LogP contribution in [0.25, 0.3) is 0 Å². The summed E-state index contributed by atoms with van der Waals surface area (Å²) in [5, 5.41) is 11.9. The predicted octanol–water partition coefficient (Wildman–Crippen LogP) is 2.64. The van der Waals surface area contributed by atoms with E-state index < -0.39 is 23.2 Å².